The van der Waals surface area contributed by atoms with Crippen LogP contribution in [0.1, 0.15) is 0 Å². The predicted octanol–water partition coefficient (Wildman–Crippen LogP) is 0.905. The first-order valence-corrected chi connectivity index (χ1v) is 4.09. The first-order chi connectivity index (χ1) is 5.26. The van der Waals surface area contributed by atoms with E-state index in [1.54, 1.807) is 0 Å². The molecule has 0 aliphatic heterocycles. The predicted molar refractivity (Wildman–Crippen MR) is 41.3 cm³/mol. The van der Waals surface area contributed by atoms with Crippen molar-refractivity contribution in [2.24, 2.45) is 0 Å². The minimum atomic E-state index is -1.46. The molecule has 0 fully saturated rings. The number of carbonyl (C=O) groups excluding carboxylic acids is 1. The van der Waals surface area contributed by atoms with Crippen molar-refractivity contribution in [3.8, 4) is 0 Å². The Hall–Kier alpha value is -0.220. The molecule has 0 aromatic rings. The number of nitrogens with one attached hydrogen (secondary N) is 1. The van der Waals surface area contributed by atoms with E-state index in [0.717, 1.165) is 0 Å². The van der Waals surface area contributed by atoms with Crippen LogP contribution in [0.3, 0.4) is 0 Å². The third-order valence-corrected chi connectivity index (χ3v) is 2.02. The van der Waals surface area contributed by atoms with Gasteiger partial charge in [0.05, 0.1) is 0 Å². The first kappa shape index (κ1) is 10.8. The molecule has 6 heteroatoms. The molecule has 5 nitrogen and oxygen atoms in total. The fourth-order valence-corrected chi connectivity index (χ4v) is 1.11. The smallest absolute Gasteiger partial charge is 0.300 e. The monoisotopic (exact) mass is 181 g/mol. The summed E-state index contributed by atoms with van der Waals surface area (Å²) in [6.07, 6.45) is 0. The highest BCUT2D eigenvalue weighted by molar-refractivity contribution is 7.65. The van der Waals surface area contributed by atoms with E-state index in [0.29, 0.717) is 0 Å². The van der Waals surface area contributed by atoms with E-state index in [4.69, 9.17) is 9.05 Å². The van der Waals surface area contributed by atoms with Crippen LogP contribution in [-0.2, 0) is 13.8 Å². The average Bonchev–Trinajstić information content (AvgIpc) is 2.03. The molecule has 0 aromatic heterocycles. The van der Waals surface area contributed by atoms with Crippen LogP contribution in [-0.4, -0.2) is 33.7 Å². The molecular formula is C5H12NO4P. The second-order valence-electron chi connectivity index (χ2n) is 1.54. The van der Waals surface area contributed by atoms with Gasteiger partial charge in [-0.3, -0.25) is 4.79 Å². The van der Waals surface area contributed by atoms with Crippen LogP contribution >= 0.6 is 8.38 Å². The van der Waals surface area contributed by atoms with E-state index in [2.05, 4.69) is 10.1 Å². The molecule has 0 rings (SSSR count). The lowest BCUT2D eigenvalue weighted by atomic mass is 11.1. The molecule has 0 aromatic carbocycles. The van der Waals surface area contributed by atoms with Gasteiger partial charge in [0.15, 0.2) is 0 Å². The number of hydrogen-bond donors (Lipinski definition) is 1. The van der Waals surface area contributed by atoms with Crippen molar-refractivity contribution >= 4 is 14.0 Å². The summed E-state index contributed by atoms with van der Waals surface area (Å²) in [6.45, 7) is 0.171. The van der Waals surface area contributed by atoms with Crippen molar-refractivity contribution in [1.82, 2.24) is 5.32 Å². The van der Waals surface area contributed by atoms with Gasteiger partial charge in [-0.1, -0.05) is 0 Å². The molecule has 0 aliphatic carbocycles. The number of hydrogen-bond acceptors (Lipinski definition) is 4. The molecule has 0 heterocycles. The molecule has 1 amide bonds. The second kappa shape index (κ2) is 6.49. The number of ether oxygens (including phenoxy) is 1. The summed E-state index contributed by atoms with van der Waals surface area (Å²) in [6, 6.07) is 0. The van der Waals surface area contributed by atoms with Crippen LogP contribution in [0, 0.1) is 0 Å². The molecule has 0 radical (unpaired) electrons. The van der Waals surface area contributed by atoms with Crippen molar-refractivity contribution in [3.63, 3.8) is 0 Å². The maximum atomic E-state index is 11.0. The Morgan fingerprint density at radius 1 is 1.36 bits per heavy atom. The molecule has 0 unspecified atom stereocenters. The van der Waals surface area contributed by atoms with Gasteiger partial charge in [-0.25, -0.2) is 0 Å². The minimum absolute atomic E-state index is 0.171. The summed E-state index contributed by atoms with van der Waals surface area (Å²) in [5, 5.41) is 2.45. The van der Waals surface area contributed by atoms with Crippen LogP contribution in [0.5, 0.6) is 0 Å². The molecule has 11 heavy (non-hydrogen) atoms. The first-order valence-electron chi connectivity index (χ1n) is 2.91. The number of amides is 1. The van der Waals surface area contributed by atoms with Gasteiger partial charge in [0.25, 0.3) is 14.0 Å². The van der Waals surface area contributed by atoms with E-state index >= 15 is 0 Å². The number of carbonyl (C=O) groups is 1. The van der Waals surface area contributed by atoms with Gasteiger partial charge < -0.3 is 19.1 Å². The Labute approximate surface area is 66.9 Å². The van der Waals surface area contributed by atoms with Crippen LogP contribution < -0.4 is 5.32 Å². The van der Waals surface area contributed by atoms with Crippen molar-refractivity contribution in [3.05, 3.63) is 0 Å². The van der Waals surface area contributed by atoms with Crippen LogP contribution in [0.25, 0.3) is 0 Å². The van der Waals surface area contributed by atoms with Gasteiger partial charge in [-0.05, 0) is 0 Å². The summed E-state index contributed by atoms with van der Waals surface area (Å²) in [5.74, 6) is 0. The van der Waals surface area contributed by atoms with Gasteiger partial charge in [0.1, 0.15) is 6.73 Å². The normalized spacial score (nSPS) is 10.2. The molecule has 0 saturated heterocycles. The fourth-order valence-electron chi connectivity index (χ4n) is 0.439. The zero-order valence-electron chi connectivity index (χ0n) is 6.79. The molecule has 0 saturated carbocycles. The molecule has 0 aliphatic rings. The van der Waals surface area contributed by atoms with Gasteiger partial charge in [-0.2, -0.15) is 0 Å². The van der Waals surface area contributed by atoms with Crippen molar-refractivity contribution < 1.29 is 18.6 Å². The van der Waals surface area contributed by atoms with E-state index < -0.39 is 8.38 Å². The largest absolute Gasteiger partial charge is 0.364 e. The highest BCUT2D eigenvalue weighted by Gasteiger charge is 2.16. The zero-order valence-corrected chi connectivity index (χ0v) is 7.68. The van der Waals surface area contributed by atoms with Gasteiger partial charge >= 0.3 is 0 Å². The molecule has 1 N–H and O–H groups in total. The maximum absolute atomic E-state index is 11.0. The molecular weight excluding hydrogens is 169 g/mol. The Morgan fingerprint density at radius 2 is 1.91 bits per heavy atom. The van der Waals surface area contributed by atoms with Crippen molar-refractivity contribution in [2.45, 2.75) is 0 Å². The van der Waals surface area contributed by atoms with Gasteiger partial charge in [-0.15, -0.1) is 0 Å². The number of methoxy groups -OCH3 is 1. The minimum Gasteiger partial charge on any atom is -0.364 e. The Morgan fingerprint density at radius 3 is 2.27 bits per heavy atom. The molecule has 66 valence electrons. The number of rotatable bonds is 5. The lowest BCUT2D eigenvalue weighted by molar-refractivity contribution is 0.177. The van der Waals surface area contributed by atoms with Gasteiger partial charge in [0.2, 0.25) is 0 Å². The standard InChI is InChI=1S/C5H12NO4P/c1-8-4-6-5(7)11(9-2)10-3/h4H2,1-3H3,(H,6,7). The van der Waals surface area contributed by atoms with Crippen molar-refractivity contribution in [1.29, 1.82) is 0 Å². The van der Waals surface area contributed by atoms with Crippen molar-refractivity contribution in [2.75, 3.05) is 28.1 Å². The van der Waals surface area contributed by atoms with E-state index in [9.17, 15) is 4.79 Å². The van der Waals surface area contributed by atoms with E-state index in [1.807, 2.05) is 0 Å². The van der Waals surface area contributed by atoms with E-state index in [1.165, 1.54) is 21.3 Å². The quantitative estimate of drug-likeness (QED) is 0.505. The van der Waals surface area contributed by atoms with E-state index in [-0.39, 0.29) is 12.4 Å². The topological polar surface area (TPSA) is 56.8 Å². The Bertz CT molecular complexity index is 117. The highest BCUT2D eigenvalue weighted by Crippen LogP contribution is 2.36. The maximum Gasteiger partial charge on any atom is 0.300 e. The van der Waals surface area contributed by atoms with Gasteiger partial charge in [0, 0.05) is 21.3 Å². The second-order valence-corrected chi connectivity index (χ2v) is 3.19. The Kier molecular flexibility index (Phi) is 6.36. The molecule has 0 spiro atoms. The molecule has 0 bridgehead atoms. The lowest BCUT2D eigenvalue weighted by Gasteiger charge is -2.10. The van der Waals surface area contributed by atoms with Crippen LogP contribution in [0.15, 0.2) is 0 Å². The average molecular weight is 181 g/mol. The third-order valence-electron chi connectivity index (χ3n) is 0.865. The third kappa shape index (κ3) is 4.27. The zero-order chi connectivity index (χ0) is 8.69. The van der Waals surface area contributed by atoms with Crippen LogP contribution in [0.2, 0.25) is 0 Å². The highest BCUT2D eigenvalue weighted by atomic mass is 31.2. The summed E-state index contributed by atoms with van der Waals surface area (Å²) in [5.41, 5.74) is -0.285. The summed E-state index contributed by atoms with van der Waals surface area (Å²) < 4.78 is 14.1. The SMILES string of the molecule is COCNC(=O)P(OC)OC. The Balaban J connectivity index is 3.61. The van der Waals surface area contributed by atoms with Crippen LogP contribution in [0.4, 0.5) is 4.79 Å². The summed E-state index contributed by atoms with van der Waals surface area (Å²) in [7, 11) is 2.87. The summed E-state index contributed by atoms with van der Waals surface area (Å²) in [4.78, 5) is 11.0. The fraction of sp³-hybridized carbons (Fsp3) is 0.800. The lowest BCUT2D eigenvalue weighted by Crippen LogP contribution is -2.22. The molecule has 0 atom stereocenters. The summed E-state index contributed by atoms with van der Waals surface area (Å²) >= 11 is 0.